The molecule has 0 atom stereocenters. The number of aryl methyl sites for hydroxylation is 3. The minimum Gasteiger partial charge on any atom is -0.497 e. The number of fused-ring (bicyclic) bond motifs is 1. The van der Waals surface area contributed by atoms with E-state index in [-0.39, 0.29) is 0 Å². The largest absolute Gasteiger partial charge is 0.497 e. The first kappa shape index (κ1) is 19.4. The van der Waals surface area contributed by atoms with E-state index in [1.54, 1.807) is 14.2 Å². The van der Waals surface area contributed by atoms with Crippen molar-refractivity contribution >= 4 is 22.4 Å². The maximum Gasteiger partial charge on any atom is 0.275 e. The number of aromatic nitrogens is 1. The smallest absolute Gasteiger partial charge is 0.275 e. The number of anilines is 2. The van der Waals surface area contributed by atoms with Crippen molar-refractivity contribution < 1.29 is 14.5 Å². The molecule has 1 fully saturated rings. The van der Waals surface area contributed by atoms with Gasteiger partial charge in [0.05, 0.1) is 27.3 Å². The van der Waals surface area contributed by atoms with E-state index < -0.39 is 0 Å². The lowest BCUT2D eigenvalue weighted by atomic mass is 10.1. The summed E-state index contributed by atoms with van der Waals surface area (Å²) >= 11 is 0. The summed E-state index contributed by atoms with van der Waals surface area (Å²) in [6.45, 7) is 10.5. The van der Waals surface area contributed by atoms with Crippen LogP contribution < -0.4 is 24.3 Å². The third kappa shape index (κ3) is 3.69. The van der Waals surface area contributed by atoms with Gasteiger partial charge >= 0.3 is 0 Å². The van der Waals surface area contributed by atoms with Gasteiger partial charge in [0.1, 0.15) is 18.8 Å². The number of pyridine rings is 1. The fourth-order valence-electron chi connectivity index (χ4n) is 4.17. The van der Waals surface area contributed by atoms with Crippen LogP contribution in [0.1, 0.15) is 16.7 Å². The zero-order valence-electron chi connectivity index (χ0n) is 18.0. The van der Waals surface area contributed by atoms with E-state index in [1.807, 2.05) is 6.07 Å². The molecule has 1 aliphatic rings. The van der Waals surface area contributed by atoms with Crippen molar-refractivity contribution in [2.75, 3.05) is 50.2 Å². The second-order valence-corrected chi connectivity index (χ2v) is 7.85. The highest BCUT2D eigenvalue weighted by Gasteiger charge is 2.26. The van der Waals surface area contributed by atoms with Gasteiger partial charge in [0.25, 0.3) is 5.82 Å². The van der Waals surface area contributed by atoms with Gasteiger partial charge in [-0.15, -0.1) is 0 Å². The van der Waals surface area contributed by atoms with Crippen LogP contribution in [-0.2, 0) is 0 Å². The molecule has 0 unspecified atom stereocenters. The van der Waals surface area contributed by atoms with Crippen LogP contribution in [-0.4, -0.2) is 40.4 Å². The molecule has 3 aromatic rings. The van der Waals surface area contributed by atoms with E-state index in [0.717, 1.165) is 54.4 Å². The Hall–Kier alpha value is -2.95. The van der Waals surface area contributed by atoms with Crippen LogP contribution in [0.2, 0.25) is 0 Å². The van der Waals surface area contributed by atoms with Crippen molar-refractivity contribution in [3.63, 3.8) is 0 Å². The average molecular weight is 393 g/mol. The molecule has 5 nitrogen and oxygen atoms in total. The molecular weight excluding hydrogens is 362 g/mol. The lowest BCUT2D eigenvalue weighted by Gasteiger charge is -2.33. The molecule has 5 heteroatoms. The van der Waals surface area contributed by atoms with Crippen molar-refractivity contribution in [3.8, 4) is 11.5 Å². The monoisotopic (exact) mass is 392 g/mol. The Balaban J connectivity index is 1.60. The second-order valence-electron chi connectivity index (χ2n) is 7.85. The van der Waals surface area contributed by atoms with Gasteiger partial charge in [0.2, 0.25) is 0 Å². The third-order valence-electron chi connectivity index (χ3n) is 5.89. The maximum absolute atomic E-state index is 5.63. The fraction of sp³-hybridized carbons (Fsp3) is 0.375. The van der Waals surface area contributed by atoms with Gasteiger partial charge in [0.15, 0.2) is 11.3 Å². The summed E-state index contributed by atoms with van der Waals surface area (Å²) in [5.41, 5.74) is 6.24. The number of methoxy groups -OCH3 is 2. The maximum atomic E-state index is 5.63. The normalized spacial score (nSPS) is 14.4. The molecule has 1 saturated heterocycles. The lowest BCUT2D eigenvalue weighted by molar-refractivity contribution is -0.331. The van der Waals surface area contributed by atoms with E-state index in [1.165, 1.54) is 22.4 Å². The molecule has 0 radical (unpaired) electrons. The predicted octanol–water partition coefficient (Wildman–Crippen LogP) is 3.92. The first-order valence-corrected chi connectivity index (χ1v) is 10.2. The molecule has 0 spiro atoms. The molecule has 2 heterocycles. The zero-order valence-corrected chi connectivity index (χ0v) is 18.0. The quantitative estimate of drug-likeness (QED) is 0.675. The zero-order chi connectivity index (χ0) is 20.5. The van der Waals surface area contributed by atoms with Gasteiger partial charge < -0.3 is 14.4 Å². The molecule has 4 rings (SSSR count). The molecule has 1 aliphatic heterocycles. The van der Waals surface area contributed by atoms with Gasteiger partial charge in [-0.1, -0.05) is 12.1 Å². The van der Waals surface area contributed by atoms with Crippen LogP contribution >= 0.6 is 0 Å². The van der Waals surface area contributed by atoms with Crippen LogP contribution in [0.15, 0.2) is 36.4 Å². The molecule has 29 heavy (non-hydrogen) atoms. The summed E-state index contributed by atoms with van der Waals surface area (Å²) in [6, 6.07) is 12.9. The van der Waals surface area contributed by atoms with E-state index in [2.05, 4.69) is 65.9 Å². The summed E-state index contributed by atoms with van der Waals surface area (Å²) in [4.78, 5) is 8.54. The first-order valence-electron chi connectivity index (χ1n) is 10.2. The molecule has 0 bridgehead atoms. The first-order chi connectivity index (χ1) is 14.0. The average Bonchev–Trinajstić information content (AvgIpc) is 2.75. The van der Waals surface area contributed by atoms with Gasteiger partial charge in [-0.25, -0.2) is 4.98 Å². The molecule has 0 saturated carbocycles. The topological polar surface area (TPSA) is 39.1 Å². The van der Waals surface area contributed by atoms with Crippen molar-refractivity contribution in [3.05, 3.63) is 53.1 Å². The number of aromatic amines is 1. The van der Waals surface area contributed by atoms with E-state index in [9.17, 15) is 0 Å². The number of hydrogen-bond acceptors (Lipinski definition) is 4. The van der Waals surface area contributed by atoms with Crippen molar-refractivity contribution in [1.29, 1.82) is 0 Å². The number of nitrogens with zero attached hydrogens (tertiary/aromatic N) is 2. The summed E-state index contributed by atoms with van der Waals surface area (Å²) in [5.74, 6) is 2.75. The van der Waals surface area contributed by atoms with Crippen molar-refractivity contribution in [2.45, 2.75) is 20.8 Å². The summed E-state index contributed by atoms with van der Waals surface area (Å²) < 4.78 is 11.1. The number of benzene rings is 2. The standard InChI is InChI=1S/C24H29N3O2/c1-16-6-7-17(2)21(12-16)26-8-10-27(11-9-26)23-13-18(3)20-14-19(28-4)15-22(29-5)24(20)25-23/h6-7,12-15H,8-11H2,1-5H3/p+1. The Morgan fingerprint density at radius 1 is 0.793 bits per heavy atom. The summed E-state index contributed by atoms with van der Waals surface area (Å²) in [7, 11) is 3.39. The highest BCUT2D eigenvalue weighted by atomic mass is 16.5. The molecule has 0 amide bonds. The fourth-order valence-corrected chi connectivity index (χ4v) is 4.17. The minimum atomic E-state index is 0.804. The Morgan fingerprint density at radius 3 is 2.21 bits per heavy atom. The van der Waals surface area contributed by atoms with Gasteiger partial charge in [-0.2, -0.15) is 0 Å². The lowest BCUT2D eigenvalue weighted by Crippen LogP contribution is -2.48. The van der Waals surface area contributed by atoms with Crippen molar-refractivity contribution in [2.24, 2.45) is 0 Å². The van der Waals surface area contributed by atoms with Crippen LogP contribution in [0, 0.1) is 20.8 Å². The molecule has 2 aromatic carbocycles. The van der Waals surface area contributed by atoms with Crippen molar-refractivity contribution in [1.82, 2.24) is 0 Å². The number of rotatable bonds is 4. The Bertz CT molecular complexity index is 1040. The van der Waals surface area contributed by atoms with E-state index in [0.29, 0.717) is 0 Å². The second kappa shape index (κ2) is 7.82. The van der Waals surface area contributed by atoms with Gasteiger partial charge in [-0.05, 0) is 49.6 Å². The van der Waals surface area contributed by atoms with Crippen LogP contribution in [0.3, 0.4) is 0 Å². The molecule has 1 aromatic heterocycles. The summed E-state index contributed by atoms with van der Waals surface area (Å²) in [5, 5.41) is 1.12. The number of H-pyrrole nitrogens is 1. The Morgan fingerprint density at radius 2 is 1.52 bits per heavy atom. The third-order valence-corrected chi connectivity index (χ3v) is 5.89. The van der Waals surface area contributed by atoms with Crippen LogP contribution in [0.25, 0.3) is 10.9 Å². The minimum absolute atomic E-state index is 0.804. The van der Waals surface area contributed by atoms with E-state index in [4.69, 9.17) is 9.47 Å². The number of ether oxygens (including phenoxy) is 2. The number of piperazine rings is 1. The highest BCUT2D eigenvalue weighted by molar-refractivity contribution is 5.87. The number of hydrogen-bond donors (Lipinski definition) is 0. The SMILES string of the molecule is COc1cc(OC)c2[nH+]c(N3CCN(c4cc(C)ccc4C)CC3)cc(C)c2c1. The van der Waals surface area contributed by atoms with Gasteiger partial charge in [0, 0.05) is 23.2 Å². The molecule has 152 valence electrons. The summed E-state index contributed by atoms with van der Waals surface area (Å²) in [6.07, 6.45) is 0. The van der Waals surface area contributed by atoms with Crippen LogP contribution in [0.5, 0.6) is 11.5 Å². The predicted molar refractivity (Wildman–Crippen MR) is 119 cm³/mol. The Labute approximate surface area is 172 Å². The molecule has 1 N–H and O–H groups in total. The Kier molecular flexibility index (Phi) is 5.22. The molecule has 0 aliphatic carbocycles. The van der Waals surface area contributed by atoms with Crippen LogP contribution in [0.4, 0.5) is 11.5 Å². The van der Waals surface area contributed by atoms with Gasteiger partial charge in [-0.3, -0.25) is 4.90 Å². The highest BCUT2D eigenvalue weighted by Crippen LogP contribution is 2.32. The number of nitrogens with one attached hydrogen (secondary N) is 1. The van der Waals surface area contributed by atoms with E-state index >= 15 is 0 Å². The molecular formula is C24H30N3O2+.